The number of benzene rings is 1. The molecular weight excluding hydrogens is 276 g/mol. The van der Waals surface area contributed by atoms with Crippen LogP contribution in [-0.2, 0) is 19.1 Å². The molecule has 0 N–H and O–H groups in total. The number of hydrogen-bond donors (Lipinski definition) is 0. The van der Waals surface area contributed by atoms with E-state index < -0.39 is 11.9 Å². The van der Waals surface area contributed by atoms with Gasteiger partial charge in [-0.25, -0.2) is 9.59 Å². The molecule has 6 heteroatoms. The lowest BCUT2D eigenvalue weighted by Crippen LogP contribution is -2.14. The fraction of sp³-hybridized carbons (Fsp3) is 0.333. The lowest BCUT2D eigenvalue weighted by atomic mass is 10.2. The predicted molar refractivity (Wildman–Crippen MR) is 76.2 cm³/mol. The maximum Gasteiger partial charge on any atom is 0.344 e. The zero-order valence-corrected chi connectivity index (χ0v) is 12.3. The Morgan fingerprint density at radius 1 is 1.19 bits per heavy atom. The Labute approximate surface area is 123 Å². The van der Waals surface area contributed by atoms with E-state index in [1.807, 2.05) is 0 Å². The molecule has 0 spiro atoms. The zero-order chi connectivity index (χ0) is 15.7. The SMILES string of the molecule is CCOC(=O)COc1ccc(C=CC(=O)OC)cc1OC. The van der Waals surface area contributed by atoms with E-state index in [0.717, 1.165) is 5.56 Å². The molecule has 0 unspecified atom stereocenters. The van der Waals surface area contributed by atoms with Crippen LogP contribution in [0.25, 0.3) is 6.08 Å². The molecule has 1 aromatic carbocycles. The van der Waals surface area contributed by atoms with Gasteiger partial charge in [0, 0.05) is 6.08 Å². The van der Waals surface area contributed by atoms with Gasteiger partial charge in [-0.05, 0) is 30.7 Å². The third-order valence-electron chi connectivity index (χ3n) is 2.45. The topological polar surface area (TPSA) is 71.1 Å². The average molecular weight is 294 g/mol. The highest BCUT2D eigenvalue weighted by atomic mass is 16.6. The molecule has 0 bridgehead atoms. The number of rotatable bonds is 7. The number of esters is 2. The van der Waals surface area contributed by atoms with Gasteiger partial charge in [-0.15, -0.1) is 0 Å². The first-order valence-electron chi connectivity index (χ1n) is 6.33. The van der Waals surface area contributed by atoms with Gasteiger partial charge in [-0.3, -0.25) is 0 Å². The van der Waals surface area contributed by atoms with Crippen molar-refractivity contribution in [2.75, 3.05) is 27.4 Å². The molecule has 0 aliphatic carbocycles. The number of carbonyl (C=O) groups is 2. The maximum absolute atomic E-state index is 11.2. The second-order valence-corrected chi connectivity index (χ2v) is 3.86. The van der Waals surface area contributed by atoms with Gasteiger partial charge in [0.15, 0.2) is 18.1 Å². The summed E-state index contributed by atoms with van der Waals surface area (Å²) in [5.74, 6) is -0.0297. The lowest BCUT2D eigenvalue weighted by Gasteiger charge is -2.10. The molecule has 1 rings (SSSR count). The first-order valence-corrected chi connectivity index (χ1v) is 6.33. The van der Waals surface area contributed by atoms with E-state index in [2.05, 4.69) is 4.74 Å². The zero-order valence-electron chi connectivity index (χ0n) is 12.3. The molecule has 1 aromatic rings. The Kier molecular flexibility index (Phi) is 6.80. The minimum absolute atomic E-state index is 0.193. The molecule has 0 saturated heterocycles. The number of carbonyl (C=O) groups excluding carboxylic acids is 2. The van der Waals surface area contributed by atoms with Crippen LogP contribution in [-0.4, -0.2) is 39.4 Å². The van der Waals surface area contributed by atoms with Crippen molar-refractivity contribution in [1.82, 2.24) is 0 Å². The van der Waals surface area contributed by atoms with E-state index in [1.165, 1.54) is 20.3 Å². The number of ether oxygens (including phenoxy) is 4. The van der Waals surface area contributed by atoms with Crippen LogP contribution < -0.4 is 9.47 Å². The molecule has 0 aromatic heterocycles. The van der Waals surface area contributed by atoms with Gasteiger partial charge in [-0.1, -0.05) is 6.07 Å². The molecular formula is C15H18O6. The molecule has 21 heavy (non-hydrogen) atoms. The van der Waals surface area contributed by atoms with Gasteiger partial charge in [0.1, 0.15) is 0 Å². The molecule has 114 valence electrons. The third-order valence-corrected chi connectivity index (χ3v) is 2.45. The predicted octanol–water partition coefficient (Wildman–Crippen LogP) is 1.82. The standard InChI is InChI=1S/C15H18O6/c1-4-20-15(17)10-21-12-7-5-11(9-13(12)18-2)6-8-14(16)19-3/h5-9H,4,10H2,1-3H3. The maximum atomic E-state index is 11.2. The molecule has 0 fully saturated rings. The molecule has 0 amide bonds. The first kappa shape index (κ1) is 16.6. The van der Waals surface area contributed by atoms with Crippen molar-refractivity contribution in [3.8, 4) is 11.5 Å². The largest absolute Gasteiger partial charge is 0.493 e. The summed E-state index contributed by atoms with van der Waals surface area (Å²) in [4.78, 5) is 22.3. The van der Waals surface area contributed by atoms with Crippen LogP contribution in [0.5, 0.6) is 11.5 Å². The van der Waals surface area contributed by atoms with Crippen LogP contribution in [0.4, 0.5) is 0 Å². The highest BCUT2D eigenvalue weighted by Crippen LogP contribution is 2.28. The summed E-state index contributed by atoms with van der Waals surface area (Å²) in [6.07, 6.45) is 2.89. The monoisotopic (exact) mass is 294 g/mol. The van der Waals surface area contributed by atoms with E-state index in [9.17, 15) is 9.59 Å². The normalized spacial score (nSPS) is 10.2. The molecule has 0 atom stereocenters. The van der Waals surface area contributed by atoms with Gasteiger partial charge in [-0.2, -0.15) is 0 Å². The summed E-state index contributed by atoms with van der Waals surface area (Å²) in [5, 5.41) is 0. The Bertz CT molecular complexity index is 521. The fourth-order valence-electron chi connectivity index (χ4n) is 1.48. The van der Waals surface area contributed by atoms with Crippen LogP contribution in [0, 0.1) is 0 Å². The van der Waals surface area contributed by atoms with Crippen LogP contribution in [0.2, 0.25) is 0 Å². The van der Waals surface area contributed by atoms with E-state index >= 15 is 0 Å². The van der Waals surface area contributed by atoms with Crippen molar-refractivity contribution in [2.24, 2.45) is 0 Å². The summed E-state index contributed by atoms with van der Waals surface area (Å²) in [7, 11) is 2.79. The van der Waals surface area contributed by atoms with Gasteiger partial charge in [0.2, 0.25) is 0 Å². The third kappa shape index (κ3) is 5.56. The average Bonchev–Trinajstić information content (AvgIpc) is 2.51. The van der Waals surface area contributed by atoms with Crippen LogP contribution in [0.15, 0.2) is 24.3 Å². The van der Waals surface area contributed by atoms with E-state index in [0.29, 0.717) is 18.1 Å². The van der Waals surface area contributed by atoms with Gasteiger partial charge < -0.3 is 18.9 Å². The van der Waals surface area contributed by atoms with Crippen molar-refractivity contribution in [1.29, 1.82) is 0 Å². The second-order valence-electron chi connectivity index (χ2n) is 3.86. The van der Waals surface area contributed by atoms with Crippen molar-refractivity contribution in [3.63, 3.8) is 0 Å². The first-order chi connectivity index (χ1) is 10.1. The van der Waals surface area contributed by atoms with E-state index in [1.54, 1.807) is 31.2 Å². The highest BCUT2D eigenvalue weighted by molar-refractivity contribution is 5.87. The van der Waals surface area contributed by atoms with Crippen LogP contribution >= 0.6 is 0 Å². The molecule has 0 radical (unpaired) electrons. The summed E-state index contributed by atoms with van der Waals surface area (Å²) >= 11 is 0. The molecule has 0 aliphatic heterocycles. The van der Waals surface area contributed by atoms with Crippen LogP contribution in [0.1, 0.15) is 12.5 Å². The van der Waals surface area contributed by atoms with Gasteiger partial charge in [0.25, 0.3) is 0 Å². The Hall–Kier alpha value is -2.50. The number of methoxy groups -OCH3 is 2. The smallest absolute Gasteiger partial charge is 0.344 e. The minimum Gasteiger partial charge on any atom is -0.493 e. The van der Waals surface area contributed by atoms with Crippen molar-refractivity contribution >= 4 is 18.0 Å². The quantitative estimate of drug-likeness (QED) is 0.564. The van der Waals surface area contributed by atoms with Gasteiger partial charge >= 0.3 is 11.9 Å². The van der Waals surface area contributed by atoms with Gasteiger partial charge in [0.05, 0.1) is 20.8 Å². The minimum atomic E-state index is -0.450. The molecule has 0 saturated carbocycles. The fourth-order valence-corrected chi connectivity index (χ4v) is 1.48. The Morgan fingerprint density at radius 3 is 2.57 bits per heavy atom. The summed E-state index contributed by atoms with van der Waals surface area (Å²) in [6.45, 7) is 1.83. The van der Waals surface area contributed by atoms with Crippen LogP contribution in [0.3, 0.4) is 0 Å². The van der Waals surface area contributed by atoms with Crippen molar-refractivity contribution in [3.05, 3.63) is 29.8 Å². The molecule has 0 aliphatic rings. The second kappa shape index (κ2) is 8.63. The Morgan fingerprint density at radius 2 is 1.95 bits per heavy atom. The summed E-state index contributed by atoms with van der Waals surface area (Å²) in [6, 6.07) is 5.05. The molecule has 0 heterocycles. The lowest BCUT2D eigenvalue weighted by molar-refractivity contribution is -0.145. The summed E-state index contributed by atoms with van der Waals surface area (Å²) in [5.41, 5.74) is 0.737. The Balaban J connectivity index is 2.77. The van der Waals surface area contributed by atoms with Crippen molar-refractivity contribution in [2.45, 2.75) is 6.92 Å². The van der Waals surface area contributed by atoms with Crippen molar-refractivity contribution < 1.29 is 28.5 Å². The summed E-state index contributed by atoms with van der Waals surface area (Å²) < 4.78 is 19.8. The molecule has 6 nitrogen and oxygen atoms in total. The highest BCUT2D eigenvalue weighted by Gasteiger charge is 2.08. The van der Waals surface area contributed by atoms with E-state index in [-0.39, 0.29) is 6.61 Å². The number of hydrogen-bond acceptors (Lipinski definition) is 6. The van der Waals surface area contributed by atoms with E-state index in [4.69, 9.17) is 14.2 Å².